The first-order chi connectivity index (χ1) is 15.2. The lowest BCUT2D eigenvalue weighted by Crippen LogP contribution is -2.40. The zero-order valence-corrected chi connectivity index (χ0v) is 21.0. The second-order valence-corrected chi connectivity index (χ2v) is 15.7. The molecule has 0 radical (unpaired) electrons. The molecular weight excluding hydrogens is 418 g/mol. The van der Waals surface area contributed by atoms with Crippen LogP contribution < -0.4 is 9.80 Å². The van der Waals surface area contributed by atoms with Crippen LogP contribution in [0, 0.1) is 0 Å². The quantitative estimate of drug-likeness (QED) is 0.621. The molecule has 2 aliphatic heterocycles. The molecule has 0 aromatic carbocycles. The summed E-state index contributed by atoms with van der Waals surface area (Å²) in [6.07, 6.45) is 6.46. The predicted molar refractivity (Wildman–Crippen MR) is 129 cm³/mol. The number of rotatable bonds is 5. The number of hydrogen-bond acceptors (Lipinski definition) is 7. The molecule has 8 heteroatoms. The van der Waals surface area contributed by atoms with Crippen molar-refractivity contribution in [2.24, 2.45) is 0 Å². The van der Waals surface area contributed by atoms with Crippen LogP contribution in [0.2, 0.25) is 18.1 Å². The van der Waals surface area contributed by atoms with Gasteiger partial charge in [0.05, 0.1) is 31.7 Å². The lowest BCUT2D eigenvalue weighted by molar-refractivity contribution is 0.122. The monoisotopic (exact) mass is 453 g/mol. The van der Waals surface area contributed by atoms with Crippen molar-refractivity contribution in [1.82, 2.24) is 15.0 Å². The Morgan fingerprint density at radius 3 is 2.47 bits per heavy atom. The molecule has 0 atom stereocenters. The zero-order valence-electron chi connectivity index (χ0n) is 20.0. The van der Waals surface area contributed by atoms with E-state index in [0.717, 1.165) is 56.0 Å². The third-order valence-electron chi connectivity index (χ3n) is 7.71. The van der Waals surface area contributed by atoms with E-state index in [0.29, 0.717) is 6.61 Å². The summed E-state index contributed by atoms with van der Waals surface area (Å²) < 4.78 is 11.9. The van der Waals surface area contributed by atoms with E-state index >= 15 is 0 Å². The minimum Gasteiger partial charge on any atom is -0.409 e. The second-order valence-electron chi connectivity index (χ2n) is 10.9. The van der Waals surface area contributed by atoms with E-state index in [-0.39, 0.29) is 10.5 Å². The van der Waals surface area contributed by atoms with Gasteiger partial charge in [-0.25, -0.2) is 15.0 Å². The number of morpholine rings is 1. The SMILES string of the molecule is CC(C)(C)[Si](C)(C)OCc1ncc2c(n1)N(c1ccc(N3CCOCC3)nc1)CC21CC1. The average molecular weight is 454 g/mol. The van der Waals surface area contributed by atoms with Gasteiger partial charge in [0.2, 0.25) is 0 Å². The third-order valence-corrected chi connectivity index (χ3v) is 12.2. The van der Waals surface area contributed by atoms with Crippen LogP contribution in [0.25, 0.3) is 0 Å². The number of ether oxygens (including phenoxy) is 1. The van der Waals surface area contributed by atoms with Gasteiger partial charge >= 0.3 is 0 Å². The Balaban J connectivity index is 1.38. The Bertz CT molecular complexity index is 979. The van der Waals surface area contributed by atoms with Crippen molar-refractivity contribution in [3.63, 3.8) is 0 Å². The van der Waals surface area contributed by atoms with Gasteiger partial charge in [-0.3, -0.25) is 0 Å². The van der Waals surface area contributed by atoms with E-state index in [1.54, 1.807) is 0 Å². The summed E-state index contributed by atoms with van der Waals surface area (Å²) in [5.41, 5.74) is 2.60. The van der Waals surface area contributed by atoms with Crippen molar-refractivity contribution in [3.8, 4) is 0 Å². The highest BCUT2D eigenvalue weighted by Gasteiger charge is 2.53. The van der Waals surface area contributed by atoms with Gasteiger partial charge in [0.1, 0.15) is 11.6 Å². The lowest BCUT2D eigenvalue weighted by atomic mass is 10.0. The van der Waals surface area contributed by atoms with E-state index in [1.807, 2.05) is 6.20 Å². The van der Waals surface area contributed by atoms with E-state index in [9.17, 15) is 0 Å². The molecule has 1 spiro atoms. The molecule has 0 unspecified atom stereocenters. The second kappa shape index (κ2) is 7.78. The molecule has 5 rings (SSSR count). The fourth-order valence-electron chi connectivity index (χ4n) is 4.29. The predicted octanol–water partition coefficient (Wildman–Crippen LogP) is 4.41. The van der Waals surface area contributed by atoms with Crippen molar-refractivity contribution in [3.05, 3.63) is 35.9 Å². The molecule has 0 bridgehead atoms. The van der Waals surface area contributed by atoms with Crippen molar-refractivity contribution in [2.75, 3.05) is 42.6 Å². The van der Waals surface area contributed by atoms with Crippen molar-refractivity contribution >= 4 is 25.6 Å². The van der Waals surface area contributed by atoms with Crippen molar-refractivity contribution < 1.29 is 9.16 Å². The highest BCUT2D eigenvalue weighted by atomic mass is 28.4. The Hall–Kier alpha value is -2.03. The number of aromatic nitrogens is 3. The summed E-state index contributed by atoms with van der Waals surface area (Å²) >= 11 is 0. The van der Waals surface area contributed by atoms with Crippen LogP contribution in [0.5, 0.6) is 0 Å². The fourth-order valence-corrected chi connectivity index (χ4v) is 5.21. The Morgan fingerprint density at radius 2 is 1.84 bits per heavy atom. The molecule has 1 saturated carbocycles. The summed E-state index contributed by atoms with van der Waals surface area (Å²) in [6.45, 7) is 16.1. The average Bonchev–Trinajstić information content (AvgIpc) is 3.49. The van der Waals surface area contributed by atoms with Gasteiger partial charge in [0.15, 0.2) is 14.1 Å². The fraction of sp³-hybridized carbons (Fsp3) is 0.625. The minimum absolute atomic E-state index is 0.168. The molecule has 2 aromatic heterocycles. The van der Waals surface area contributed by atoms with Gasteiger partial charge in [-0.15, -0.1) is 0 Å². The number of nitrogens with zero attached hydrogens (tertiary/aromatic N) is 5. The first kappa shape index (κ1) is 21.8. The maximum absolute atomic E-state index is 6.40. The number of pyridine rings is 1. The van der Waals surface area contributed by atoms with Crippen LogP contribution >= 0.6 is 0 Å². The lowest BCUT2D eigenvalue weighted by Gasteiger charge is -2.35. The highest BCUT2D eigenvalue weighted by molar-refractivity contribution is 6.74. The molecule has 2 aromatic rings. The molecule has 172 valence electrons. The molecule has 4 heterocycles. The molecular formula is C24H35N5O2Si. The molecule has 0 amide bonds. The van der Waals surface area contributed by atoms with Crippen LogP contribution in [0.15, 0.2) is 24.5 Å². The van der Waals surface area contributed by atoms with Crippen LogP contribution in [0.4, 0.5) is 17.3 Å². The Labute approximate surface area is 192 Å². The van der Waals surface area contributed by atoms with Gasteiger partial charge in [0, 0.05) is 36.8 Å². The van der Waals surface area contributed by atoms with E-state index in [4.69, 9.17) is 24.1 Å². The summed E-state index contributed by atoms with van der Waals surface area (Å²) in [5.74, 6) is 2.82. The van der Waals surface area contributed by atoms with Crippen LogP contribution in [-0.4, -0.2) is 56.1 Å². The Morgan fingerprint density at radius 1 is 1.09 bits per heavy atom. The van der Waals surface area contributed by atoms with Gasteiger partial charge in [0.25, 0.3) is 0 Å². The van der Waals surface area contributed by atoms with Gasteiger partial charge in [-0.1, -0.05) is 20.8 Å². The molecule has 1 saturated heterocycles. The summed E-state index contributed by atoms with van der Waals surface area (Å²) in [4.78, 5) is 19.1. The van der Waals surface area contributed by atoms with Crippen molar-refractivity contribution in [2.45, 2.75) is 63.8 Å². The maximum atomic E-state index is 6.40. The molecule has 2 fully saturated rings. The van der Waals surface area contributed by atoms with Crippen LogP contribution in [0.1, 0.15) is 45.0 Å². The third kappa shape index (κ3) is 3.93. The topological polar surface area (TPSA) is 63.6 Å². The van der Waals surface area contributed by atoms with E-state index in [1.165, 1.54) is 18.4 Å². The standard InChI is InChI=1S/C24H35N5O2Si/c1-23(2,3)32(4,5)31-16-20-25-15-19-22(27-20)29(17-24(19)8-9-24)18-6-7-21(26-14-18)28-10-12-30-13-11-28/h6-7,14-15H,8-13,16-17H2,1-5H3. The van der Waals surface area contributed by atoms with Gasteiger partial charge in [-0.05, 0) is 43.1 Å². The smallest absolute Gasteiger partial charge is 0.192 e. The number of fused-ring (bicyclic) bond motifs is 2. The van der Waals surface area contributed by atoms with E-state index in [2.05, 4.69) is 62.0 Å². The number of anilines is 3. The van der Waals surface area contributed by atoms with E-state index < -0.39 is 8.32 Å². The van der Waals surface area contributed by atoms with Crippen LogP contribution in [-0.2, 0) is 21.2 Å². The van der Waals surface area contributed by atoms with Crippen molar-refractivity contribution in [1.29, 1.82) is 0 Å². The summed E-state index contributed by atoms with van der Waals surface area (Å²) in [5, 5.41) is 0.168. The Kier molecular flexibility index (Phi) is 5.30. The van der Waals surface area contributed by atoms with Gasteiger partial charge < -0.3 is 19.0 Å². The first-order valence-electron chi connectivity index (χ1n) is 11.8. The molecule has 0 N–H and O–H groups in total. The minimum atomic E-state index is -1.85. The highest BCUT2D eigenvalue weighted by Crippen LogP contribution is 2.57. The number of hydrogen-bond donors (Lipinski definition) is 0. The van der Waals surface area contributed by atoms with Crippen LogP contribution in [0.3, 0.4) is 0 Å². The zero-order chi connectivity index (χ0) is 22.6. The molecule has 1 aliphatic carbocycles. The first-order valence-corrected chi connectivity index (χ1v) is 14.7. The maximum Gasteiger partial charge on any atom is 0.192 e. The molecule has 7 nitrogen and oxygen atoms in total. The summed E-state index contributed by atoms with van der Waals surface area (Å²) in [6, 6.07) is 4.30. The van der Waals surface area contributed by atoms with Gasteiger partial charge in [-0.2, -0.15) is 0 Å². The molecule has 32 heavy (non-hydrogen) atoms. The largest absolute Gasteiger partial charge is 0.409 e. The molecule has 3 aliphatic rings. The normalized spacial score (nSPS) is 20.0. The summed E-state index contributed by atoms with van der Waals surface area (Å²) in [7, 11) is -1.85.